The van der Waals surface area contributed by atoms with E-state index in [4.69, 9.17) is 0 Å². The van der Waals surface area contributed by atoms with E-state index < -0.39 is 0 Å². The number of anilines is 1. The Morgan fingerprint density at radius 3 is 2.84 bits per heavy atom. The van der Waals surface area contributed by atoms with Crippen LogP contribution in [0.25, 0.3) is 22.4 Å². The van der Waals surface area contributed by atoms with Crippen LogP contribution in [0.5, 0.6) is 0 Å². The Morgan fingerprint density at radius 2 is 1.92 bits per heavy atom. The van der Waals surface area contributed by atoms with E-state index in [9.17, 15) is 0 Å². The molecular formula is C18H19N7. The number of aromatic nitrogens is 6. The number of nitrogens with one attached hydrogen (secondary N) is 1. The van der Waals surface area contributed by atoms with Crippen molar-refractivity contribution >= 4 is 17.2 Å². The van der Waals surface area contributed by atoms with E-state index in [-0.39, 0.29) is 0 Å². The van der Waals surface area contributed by atoms with Crippen molar-refractivity contribution in [1.29, 1.82) is 0 Å². The summed E-state index contributed by atoms with van der Waals surface area (Å²) in [6, 6.07) is 2.54. The van der Waals surface area contributed by atoms with Gasteiger partial charge in [-0.25, -0.2) is 19.5 Å². The number of fused-ring (bicyclic) bond motifs is 2. The summed E-state index contributed by atoms with van der Waals surface area (Å²) in [5, 5.41) is 8.10. The Balaban J connectivity index is 1.48. The van der Waals surface area contributed by atoms with Gasteiger partial charge in [0, 0.05) is 48.2 Å². The van der Waals surface area contributed by atoms with E-state index in [1.807, 2.05) is 46.0 Å². The second-order valence-electron chi connectivity index (χ2n) is 6.60. The van der Waals surface area contributed by atoms with Gasteiger partial charge in [-0.2, -0.15) is 0 Å². The van der Waals surface area contributed by atoms with Gasteiger partial charge in [0.05, 0.1) is 11.7 Å². The molecule has 7 heteroatoms. The highest BCUT2D eigenvalue weighted by Crippen LogP contribution is 2.25. The molecule has 0 saturated heterocycles. The molecule has 0 unspecified atom stereocenters. The average Bonchev–Trinajstić information content (AvgIpc) is 3.28. The normalized spacial score (nSPS) is 15.8. The van der Waals surface area contributed by atoms with Gasteiger partial charge in [0.2, 0.25) is 11.7 Å². The molecule has 0 radical (unpaired) electrons. The first-order valence-corrected chi connectivity index (χ1v) is 8.77. The van der Waals surface area contributed by atoms with Gasteiger partial charge in [-0.3, -0.25) is 4.40 Å². The fourth-order valence-electron chi connectivity index (χ4n) is 3.60. The number of imidazole rings is 1. The van der Waals surface area contributed by atoms with E-state index in [0.29, 0.717) is 17.8 Å². The third-order valence-electron chi connectivity index (χ3n) is 4.91. The molecule has 25 heavy (non-hydrogen) atoms. The lowest BCUT2D eigenvalue weighted by Crippen LogP contribution is -2.23. The smallest absolute Gasteiger partial charge is 0.241 e. The number of nitrogens with zero attached hydrogens (tertiary/aromatic N) is 6. The summed E-state index contributed by atoms with van der Waals surface area (Å²) < 4.78 is 3.80. The van der Waals surface area contributed by atoms with Crippen LogP contribution in [-0.4, -0.2) is 35.0 Å². The van der Waals surface area contributed by atoms with E-state index in [2.05, 4.69) is 25.4 Å². The van der Waals surface area contributed by atoms with Crippen molar-refractivity contribution in [2.24, 2.45) is 0 Å². The zero-order valence-corrected chi connectivity index (χ0v) is 13.8. The van der Waals surface area contributed by atoms with Gasteiger partial charge in [0.1, 0.15) is 0 Å². The minimum atomic E-state index is 0.495. The molecule has 126 valence electrons. The van der Waals surface area contributed by atoms with Crippen molar-refractivity contribution in [1.82, 2.24) is 29.0 Å². The summed E-state index contributed by atoms with van der Waals surface area (Å²) in [7, 11) is 0. The molecule has 4 heterocycles. The maximum atomic E-state index is 4.62. The number of rotatable bonds is 3. The quantitative estimate of drug-likeness (QED) is 0.623. The minimum Gasteiger partial charge on any atom is -0.350 e. The maximum Gasteiger partial charge on any atom is 0.241 e. The molecule has 7 nitrogen and oxygen atoms in total. The fraction of sp³-hybridized carbons (Fsp3) is 0.333. The Kier molecular flexibility index (Phi) is 3.36. The molecule has 4 aromatic heterocycles. The molecule has 0 aliphatic heterocycles. The lowest BCUT2D eigenvalue weighted by atomic mass is 9.96. The Bertz CT molecular complexity index is 1030. The second-order valence-corrected chi connectivity index (χ2v) is 6.60. The van der Waals surface area contributed by atoms with E-state index in [1.54, 1.807) is 6.20 Å². The zero-order valence-electron chi connectivity index (χ0n) is 13.8. The monoisotopic (exact) mass is 333 g/mol. The van der Waals surface area contributed by atoms with Crippen molar-refractivity contribution in [3.8, 4) is 11.1 Å². The molecule has 1 aliphatic rings. The van der Waals surface area contributed by atoms with Gasteiger partial charge >= 0.3 is 0 Å². The van der Waals surface area contributed by atoms with Gasteiger partial charge in [0.25, 0.3) is 0 Å². The Morgan fingerprint density at radius 1 is 1.00 bits per heavy atom. The second kappa shape index (κ2) is 5.84. The summed E-state index contributed by atoms with van der Waals surface area (Å²) in [5.41, 5.74) is 3.05. The highest BCUT2D eigenvalue weighted by atomic mass is 15.3. The Labute approximate surface area is 144 Å². The van der Waals surface area contributed by atoms with Crippen molar-refractivity contribution < 1.29 is 0 Å². The molecule has 1 fully saturated rings. The van der Waals surface area contributed by atoms with Crippen LogP contribution in [0.1, 0.15) is 32.1 Å². The Hall–Kier alpha value is -2.96. The molecule has 0 amide bonds. The molecule has 4 aromatic rings. The first-order chi connectivity index (χ1) is 12.4. The summed E-state index contributed by atoms with van der Waals surface area (Å²) in [5.74, 6) is 1.40. The topological polar surface area (TPSA) is 72.4 Å². The first kappa shape index (κ1) is 14.4. The lowest BCUT2D eigenvalue weighted by molar-refractivity contribution is 0.460. The van der Waals surface area contributed by atoms with Gasteiger partial charge in [-0.05, 0) is 18.9 Å². The van der Waals surface area contributed by atoms with Crippen molar-refractivity contribution in [2.75, 3.05) is 5.32 Å². The predicted molar refractivity (Wildman–Crippen MR) is 95.5 cm³/mol. The van der Waals surface area contributed by atoms with Gasteiger partial charge < -0.3 is 5.32 Å². The molecule has 5 rings (SSSR count). The molecular weight excluding hydrogens is 314 g/mol. The van der Waals surface area contributed by atoms with Crippen LogP contribution >= 0.6 is 0 Å². The number of hydrogen-bond donors (Lipinski definition) is 1. The largest absolute Gasteiger partial charge is 0.350 e. The third-order valence-corrected chi connectivity index (χ3v) is 4.91. The van der Waals surface area contributed by atoms with Gasteiger partial charge in [-0.15, -0.1) is 5.10 Å². The van der Waals surface area contributed by atoms with E-state index in [1.165, 1.54) is 32.1 Å². The zero-order chi connectivity index (χ0) is 16.6. The minimum absolute atomic E-state index is 0.495. The standard InChI is InChI=1S/C18H19N7/c1-2-4-14(5-3-1)22-17-20-11-16-15(6-8-25(16)23-17)13-10-21-18-19-7-9-24(18)12-13/h6-12,14H,1-5H2,(H,22,23). The molecule has 1 saturated carbocycles. The molecule has 1 N–H and O–H groups in total. The van der Waals surface area contributed by atoms with Crippen LogP contribution in [0.2, 0.25) is 0 Å². The van der Waals surface area contributed by atoms with Gasteiger partial charge in [0.15, 0.2) is 0 Å². The maximum absolute atomic E-state index is 4.62. The van der Waals surface area contributed by atoms with Crippen LogP contribution in [0.3, 0.4) is 0 Å². The predicted octanol–water partition coefficient (Wildman–Crippen LogP) is 3.18. The number of hydrogen-bond acceptors (Lipinski definition) is 5. The van der Waals surface area contributed by atoms with E-state index in [0.717, 1.165) is 16.6 Å². The third kappa shape index (κ3) is 2.61. The van der Waals surface area contributed by atoms with Crippen molar-refractivity contribution in [3.63, 3.8) is 0 Å². The molecule has 0 spiro atoms. The van der Waals surface area contributed by atoms with E-state index >= 15 is 0 Å². The highest BCUT2D eigenvalue weighted by molar-refractivity contribution is 5.79. The van der Waals surface area contributed by atoms with Crippen LogP contribution < -0.4 is 5.32 Å². The summed E-state index contributed by atoms with van der Waals surface area (Å²) in [6.45, 7) is 0. The summed E-state index contributed by atoms with van der Waals surface area (Å²) in [4.78, 5) is 13.1. The van der Waals surface area contributed by atoms with Crippen molar-refractivity contribution in [3.05, 3.63) is 43.2 Å². The highest BCUT2D eigenvalue weighted by Gasteiger charge is 2.15. The molecule has 0 aromatic carbocycles. The molecule has 1 aliphatic carbocycles. The fourth-order valence-corrected chi connectivity index (χ4v) is 3.60. The van der Waals surface area contributed by atoms with Gasteiger partial charge in [-0.1, -0.05) is 19.3 Å². The average molecular weight is 333 g/mol. The summed E-state index contributed by atoms with van der Waals surface area (Å²) >= 11 is 0. The van der Waals surface area contributed by atoms with Crippen LogP contribution in [0.4, 0.5) is 5.95 Å². The van der Waals surface area contributed by atoms with Crippen LogP contribution in [0.15, 0.2) is 43.2 Å². The first-order valence-electron chi connectivity index (χ1n) is 8.77. The molecule has 0 bridgehead atoms. The SMILES string of the molecule is c1cn2cc(-c3ccn4nc(NC5CCCCC5)ncc34)cnc2n1. The van der Waals surface area contributed by atoms with Crippen molar-refractivity contribution in [2.45, 2.75) is 38.1 Å². The summed E-state index contributed by atoms with van der Waals surface area (Å²) in [6.07, 6.45) is 17.7. The lowest BCUT2D eigenvalue weighted by Gasteiger charge is -2.22. The van der Waals surface area contributed by atoms with Crippen LogP contribution in [0, 0.1) is 0 Å². The molecule has 0 atom stereocenters. The van der Waals surface area contributed by atoms with Crippen LogP contribution in [-0.2, 0) is 0 Å².